The Bertz CT molecular complexity index is 748. The van der Waals surface area contributed by atoms with Gasteiger partial charge in [-0.2, -0.15) is 5.10 Å². The highest BCUT2D eigenvalue weighted by atomic mass is 32.1. The van der Waals surface area contributed by atoms with Crippen molar-refractivity contribution in [2.45, 2.75) is 0 Å². The van der Waals surface area contributed by atoms with Crippen molar-refractivity contribution < 1.29 is 4.74 Å². The van der Waals surface area contributed by atoms with Gasteiger partial charge in [-0.3, -0.25) is 0 Å². The zero-order chi connectivity index (χ0) is 14.7. The minimum absolute atomic E-state index is 0.404. The van der Waals surface area contributed by atoms with Gasteiger partial charge in [-0.05, 0) is 36.4 Å². The second-order valence-corrected chi connectivity index (χ2v) is 5.19. The van der Waals surface area contributed by atoms with Crippen molar-refractivity contribution in [3.05, 3.63) is 54.1 Å². The highest BCUT2D eigenvalue weighted by Crippen LogP contribution is 2.31. The van der Waals surface area contributed by atoms with Crippen LogP contribution >= 0.6 is 11.3 Å². The molecule has 0 aliphatic heterocycles. The van der Waals surface area contributed by atoms with Gasteiger partial charge < -0.3 is 16.0 Å². The average molecular weight is 299 g/mol. The molecule has 0 bridgehead atoms. The minimum Gasteiger partial charge on any atom is -0.431 e. The summed E-state index contributed by atoms with van der Waals surface area (Å²) in [5.41, 5.74) is 4.13. The van der Waals surface area contributed by atoms with Crippen LogP contribution < -0.4 is 21.8 Å². The first-order valence-corrected chi connectivity index (χ1v) is 7.00. The van der Waals surface area contributed by atoms with Gasteiger partial charge in [0.05, 0.1) is 10.2 Å². The van der Waals surface area contributed by atoms with Crippen LogP contribution in [-0.4, -0.2) is 10.8 Å². The van der Waals surface area contributed by atoms with Crippen LogP contribution in [0.15, 0.2) is 53.6 Å². The SMILES string of the molecule is NN=C(NN)c1ccc(Oc2nc3ccccc3s2)cc1. The van der Waals surface area contributed by atoms with Gasteiger partial charge in [-0.15, -0.1) is 0 Å². The number of para-hydroxylation sites is 1. The number of nitrogens with zero attached hydrogens (tertiary/aromatic N) is 2. The van der Waals surface area contributed by atoms with E-state index in [4.69, 9.17) is 16.4 Å². The molecule has 2 aromatic carbocycles. The number of nitrogens with one attached hydrogen (secondary N) is 1. The molecule has 0 atom stereocenters. The standard InChI is InChI=1S/C14H13N5OS/c15-18-13(19-16)9-5-7-10(8-6-9)20-14-17-11-3-1-2-4-12(11)21-14/h1-8H,15-16H2,(H,18,19). The zero-order valence-corrected chi connectivity index (χ0v) is 11.8. The molecule has 5 N–H and O–H groups in total. The highest BCUT2D eigenvalue weighted by Gasteiger charge is 2.06. The van der Waals surface area contributed by atoms with Crippen molar-refractivity contribution in [3.63, 3.8) is 0 Å². The summed E-state index contributed by atoms with van der Waals surface area (Å²) in [5.74, 6) is 11.6. The third-order valence-corrected chi connectivity index (χ3v) is 3.79. The van der Waals surface area contributed by atoms with E-state index in [0.29, 0.717) is 16.8 Å². The van der Waals surface area contributed by atoms with Crippen molar-refractivity contribution in [1.82, 2.24) is 10.4 Å². The van der Waals surface area contributed by atoms with E-state index in [-0.39, 0.29) is 0 Å². The lowest BCUT2D eigenvalue weighted by Gasteiger charge is -2.05. The zero-order valence-electron chi connectivity index (χ0n) is 11.0. The summed E-state index contributed by atoms with van der Waals surface area (Å²) in [7, 11) is 0. The quantitative estimate of drug-likeness (QED) is 0.298. The predicted octanol–water partition coefficient (Wildman–Crippen LogP) is 2.17. The molecule has 3 aromatic rings. The Hall–Kier alpha value is -2.64. The maximum Gasteiger partial charge on any atom is 0.279 e. The van der Waals surface area contributed by atoms with Crippen LogP contribution in [0.4, 0.5) is 0 Å². The van der Waals surface area contributed by atoms with Gasteiger partial charge in [0.2, 0.25) is 0 Å². The Morgan fingerprint density at radius 3 is 2.57 bits per heavy atom. The first kappa shape index (κ1) is 13.3. The second kappa shape index (κ2) is 5.78. The minimum atomic E-state index is 0.404. The van der Waals surface area contributed by atoms with Crippen LogP contribution in [-0.2, 0) is 0 Å². The van der Waals surface area contributed by atoms with Crippen LogP contribution in [0.3, 0.4) is 0 Å². The van der Waals surface area contributed by atoms with E-state index >= 15 is 0 Å². The van der Waals surface area contributed by atoms with Gasteiger partial charge in [0, 0.05) is 5.56 Å². The van der Waals surface area contributed by atoms with Crippen molar-refractivity contribution >= 4 is 27.4 Å². The second-order valence-electron chi connectivity index (χ2n) is 4.20. The number of fused-ring (bicyclic) bond motifs is 1. The Balaban J connectivity index is 1.81. The Morgan fingerprint density at radius 2 is 1.90 bits per heavy atom. The van der Waals surface area contributed by atoms with Gasteiger partial charge in [-0.1, -0.05) is 23.5 Å². The monoisotopic (exact) mass is 299 g/mol. The molecule has 0 spiro atoms. The van der Waals surface area contributed by atoms with E-state index in [1.165, 1.54) is 11.3 Å². The number of hydrazone groups is 1. The van der Waals surface area contributed by atoms with Gasteiger partial charge in [-0.25, -0.2) is 10.8 Å². The van der Waals surface area contributed by atoms with E-state index in [1.807, 2.05) is 48.5 Å². The van der Waals surface area contributed by atoms with Crippen LogP contribution in [0, 0.1) is 0 Å². The Kier molecular flexibility index (Phi) is 3.67. The van der Waals surface area contributed by atoms with Gasteiger partial charge in [0.25, 0.3) is 5.19 Å². The largest absolute Gasteiger partial charge is 0.431 e. The lowest BCUT2D eigenvalue weighted by atomic mass is 10.2. The number of aromatic nitrogens is 1. The molecule has 3 rings (SSSR count). The molecule has 0 amide bonds. The molecule has 0 aliphatic carbocycles. The summed E-state index contributed by atoms with van der Waals surface area (Å²) >= 11 is 1.50. The lowest BCUT2D eigenvalue weighted by molar-refractivity contribution is 0.480. The van der Waals surface area contributed by atoms with E-state index in [2.05, 4.69) is 15.5 Å². The summed E-state index contributed by atoms with van der Waals surface area (Å²) in [6, 6.07) is 15.1. The van der Waals surface area contributed by atoms with Crippen molar-refractivity contribution in [2.75, 3.05) is 0 Å². The van der Waals surface area contributed by atoms with Crippen molar-refractivity contribution in [3.8, 4) is 10.9 Å². The lowest BCUT2D eigenvalue weighted by Crippen LogP contribution is -2.31. The number of hydrogen-bond donors (Lipinski definition) is 3. The number of ether oxygens (including phenoxy) is 1. The molecule has 6 nitrogen and oxygen atoms in total. The fourth-order valence-electron chi connectivity index (χ4n) is 1.87. The molecule has 106 valence electrons. The highest BCUT2D eigenvalue weighted by molar-refractivity contribution is 7.20. The third kappa shape index (κ3) is 2.78. The molecule has 0 saturated carbocycles. The molecule has 1 aromatic heterocycles. The molecule has 7 heteroatoms. The van der Waals surface area contributed by atoms with Crippen LogP contribution in [0.5, 0.6) is 10.9 Å². The Morgan fingerprint density at radius 1 is 1.14 bits per heavy atom. The number of benzene rings is 2. The number of nitrogens with two attached hydrogens (primary N) is 2. The fourth-order valence-corrected chi connectivity index (χ4v) is 2.71. The van der Waals surface area contributed by atoms with E-state index in [9.17, 15) is 0 Å². The van der Waals surface area contributed by atoms with E-state index in [1.54, 1.807) is 0 Å². The summed E-state index contributed by atoms with van der Waals surface area (Å²) < 4.78 is 6.84. The third-order valence-electron chi connectivity index (χ3n) is 2.87. The average Bonchev–Trinajstić information content (AvgIpc) is 2.92. The first-order chi connectivity index (χ1) is 10.3. The van der Waals surface area contributed by atoms with Gasteiger partial charge in [0.1, 0.15) is 5.75 Å². The topological polar surface area (TPSA) is 98.5 Å². The van der Waals surface area contributed by atoms with Gasteiger partial charge >= 0.3 is 0 Å². The van der Waals surface area contributed by atoms with Crippen LogP contribution in [0.25, 0.3) is 10.2 Å². The molecule has 0 radical (unpaired) electrons. The van der Waals surface area contributed by atoms with E-state index in [0.717, 1.165) is 15.8 Å². The molecular weight excluding hydrogens is 286 g/mol. The Labute approximate surface area is 125 Å². The normalized spacial score (nSPS) is 11.6. The molecular formula is C14H13N5OS. The molecule has 1 heterocycles. The summed E-state index contributed by atoms with van der Waals surface area (Å²) in [5, 5.41) is 4.15. The summed E-state index contributed by atoms with van der Waals surface area (Å²) in [6.45, 7) is 0. The maximum absolute atomic E-state index is 5.75. The van der Waals surface area contributed by atoms with Crippen LogP contribution in [0.1, 0.15) is 5.56 Å². The molecule has 0 fully saturated rings. The number of rotatable bonds is 3. The number of hydrogen-bond acceptors (Lipinski definition) is 6. The fraction of sp³-hybridized carbons (Fsp3) is 0. The number of hydrazine groups is 1. The molecule has 0 saturated heterocycles. The maximum atomic E-state index is 5.75. The number of amidine groups is 1. The van der Waals surface area contributed by atoms with Crippen molar-refractivity contribution in [2.24, 2.45) is 16.8 Å². The van der Waals surface area contributed by atoms with Crippen molar-refractivity contribution in [1.29, 1.82) is 0 Å². The van der Waals surface area contributed by atoms with E-state index < -0.39 is 0 Å². The summed E-state index contributed by atoms with van der Waals surface area (Å²) in [4.78, 5) is 4.42. The van der Waals surface area contributed by atoms with Gasteiger partial charge in [0.15, 0.2) is 5.84 Å². The first-order valence-electron chi connectivity index (χ1n) is 6.18. The molecule has 0 unspecified atom stereocenters. The predicted molar refractivity (Wildman–Crippen MR) is 84.2 cm³/mol. The summed E-state index contributed by atoms with van der Waals surface area (Å²) in [6.07, 6.45) is 0. The molecule has 0 aliphatic rings. The van der Waals surface area contributed by atoms with Crippen LogP contribution in [0.2, 0.25) is 0 Å². The molecule has 21 heavy (non-hydrogen) atoms. The smallest absolute Gasteiger partial charge is 0.279 e. The number of thiazole rings is 1.